The van der Waals surface area contributed by atoms with Gasteiger partial charge in [0.1, 0.15) is 0 Å². The first kappa shape index (κ1) is 15.1. The van der Waals surface area contributed by atoms with Crippen LogP contribution in [0, 0.1) is 0 Å². The third-order valence-corrected chi connectivity index (χ3v) is 2.61. The van der Waals surface area contributed by atoms with Crippen molar-refractivity contribution in [2.45, 2.75) is 26.2 Å². The van der Waals surface area contributed by atoms with Crippen LogP contribution in [0.15, 0.2) is 24.3 Å². The monoisotopic (exact) mass is 264 g/mol. The predicted octanol–water partition coefficient (Wildman–Crippen LogP) is 3.36. The molecule has 1 N–H and O–H groups in total. The molecule has 0 bridgehead atoms. The summed E-state index contributed by atoms with van der Waals surface area (Å²) in [4.78, 5) is 10.5. The van der Waals surface area contributed by atoms with E-state index in [4.69, 9.17) is 14.6 Å². The van der Waals surface area contributed by atoms with Gasteiger partial charge >= 0.3 is 5.97 Å². The zero-order chi connectivity index (χ0) is 14.1. The van der Waals surface area contributed by atoms with Crippen LogP contribution in [0.2, 0.25) is 0 Å². The maximum absolute atomic E-state index is 10.5. The molecule has 4 heteroatoms. The molecule has 0 spiro atoms. The van der Waals surface area contributed by atoms with Gasteiger partial charge in [-0.15, -0.1) is 0 Å². The Morgan fingerprint density at radius 1 is 1.32 bits per heavy atom. The Kier molecular flexibility index (Phi) is 6.50. The molecule has 0 aliphatic heterocycles. The van der Waals surface area contributed by atoms with Crippen LogP contribution in [0.25, 0.3) is 6.08 Å². The predicted molar refractivity (Wildman–Crippen MR) is 74.7 cm³/mol. The Balaban J connectivity index is 2.70. The number of methoxy groups -OCH3 is 1. The zero-order valence-corrected chi connectivity index (χ0v) is 11.4. The number of ether oxygens (including phenoxy) is 2. The number of benzene rings is 1. The van der Waals surface area contributed by atoms with E-state index in [1.54, 1.807) is 25.3 Å². The largest absolute Gasteiger partial charge is 0.493 e. The number of unbranched alkanes of at least 4 members (excludes halogenated alkanes) is 2. The minimum Gasteiger partial charge on any atom is -0.493 e. The van der Waals surface area contributed by atoms with Crippen LogP contribution < -0.4 is 9.47 Å². The van der Waals surface area contributed by atoms with Crippen LogP contribution in [0.1, 0.15) is 31.7 Å². The normalized spacial score (nSPS) is 10.6. The molecule has 104 valence electrons. The van der Waals surface area contributed by atoms with Crippen molar-refractivity contribution in [3.05, 3.63) is 29.8 Å². The van der Waals surface area contributed by atoms with Gasteiger partial charge in [0.15, 0.2) is 11.5 Å². The van der Waals surface area contributed by atoms with Crippen molar-refractivity contribution in [3.63, 3.8) is 0 Å². The second kappa shape index (κ2) is 8.19. The average molecular weight is 264 g/mol. The average Bonchev–Trinajstić information content (AvgIpc) is 2.42. The van der Waals surface area contributed by atoms with Crippen molar-refractivity contribution in [1.29, 1.82) is 0 Å². The lowest BCUT2D eigenvalue weighted by Crippen LogP contribution is -1.99. The van der Waals surface area contributed by atoms with E-state index in [1.165, 1.54) is 6.08 Å². The van der Waals surface area contributed by atoms with Crippen LogP contribution in [0.4, 0.5) is 0 Å². The third-order valence-electron chi connectivity index (χ3n) is 2.61. The SMILES string of the molecule is CCCCCOc1ccc(C=CC(=O)O)cc1OC. The quantitative estimate of drug-likeness (QED) is 0.578. The second-order valence-electron chi connectivity index (χ2n) is 4.14. The molecule has 0 aliphatic rings. The number of rotatable bonds is 8. The molecule has 0 heterocycles. The van der Waals surface area contributed by atoms with Gasteiger partial charge in [-0.05, 0) is 30.2 Å². The lowest BCUT2D eigenvalue weighted by Gasteiger charge is -2.11. The Bertz CT molecular complexity index is 438. The van der Waals surface area contributed by atoms with Gasteiger partial charge < -0.3 is 14.6 Å². The maximum atomic E-state index is 10.5. The van der Waals surface area contributed by atoms with Gasteiger partial charge in [-0.25, -0.2) is 4.79 Å². The molecule has 19 heavy (non-hydrogen) atoms. The fraction of sp³-hybridized carbons (Fsp3) is 0.400. The topological polar surface area (TPSA) is 55.8 Å². The summed E-state index contributed by atoms with van der Waals surface area (Å²) in [7, 11) is 1.57. The summed E-state index contributed by atoms with van der Waals surface area (Å²) in [6, 6.07) is 5.36. The molecule has 1 aromatic carbocycles. The van der Waals surface area contributed by atoms with Crippen molar-refractivity contribution in [2.75, 3.05) is 13.7 Å². The molecule has 0 radical (unpaired) electrons. The number of aliphatic carboxylic acids is 1. The van der Waals surface area contributed by atoms with Crippen LogP contribution in [0.3, 0.4) is 0 Å². The maximum Gasteiger partial charge on any atom is 0.328 e. The number of carbonyl (C=O) groups is 1. The molecule has 0 aromatic heterocycles. The van der Waals surface area contributed by atoms with E-state index in [2.05, 4.69) is 6.92 Å². The Morgan fingerprint density at radius 3 is 2.74 bits per heavy atom. The number of carboxylic acids is 1. The molecule has 0 saturated heterocycles. The Labute approximate surface area is 113 Å². The van der Waals surface area contributed by atoms with Gasteiger partial charge in [0.05, 0.1) is 13.7 Å². The molecule has 0 aliphatic carbocycles. The molecule has 0 saturated carbocycles. The van der Waals surface area contributed by atoms with Gasteiger partial charge in [-0.1, -0.05) is 25.8 Å². The number of carboxylic acid groups (broad SMARTS) is 1. The number of hydrogen-bond donors (Lipinski definition) is 1. The van der Waals surface area contributed by atoms with E-state index in [0.717, 1.165) is 30.9 Å². The van der Waals surface area contributed by atoms with E-state index in [9.17, 15) is 4.79 Å². The van der Waals surface area contributed by atoms with Crippen molar-refractivity contribution in [3.8, 4) is 11.5 Å². The van der Waals surface area contributed by atoms with E-state index >= 15 is 0 Å². The molecule has 1 rings (SSSR count). The standard InChI is InChI=1S/C15H20O4/c1-3-4-5-10-19-13-8-6-12(7-9-15(16)17)11-14(13)18-2/h6-9,11H,3-5,10H2,1-2H3,(H,16,17). The molecule has 4 nitrogen and oxygen atoms in total. The summed E-state index contributed by atoms with van der Waals surface area (Å²) in [5.41, 5.74) is 0.764. The van der Waals surface area contributed by atoms with Crippen LogP contribution in [0.5, 0.6) is 11.5 Å². The summed E-state index contributed by atoms with van der Waals surface area (Å²) >= 11 is 0. The first-order valence-corrected chi connectivity index (χ1v) is 6.39. The van der Waals surface area contributed by atoms with E-state index < -0.39 is 5.97 Å². The highest BCUT2D eigenvalue weighted by Crippen LogP contribution is 2.28. The van der Waals surface area contributed by atoms with E-state index in [1.807, 2.05) is 0 Å². The fourth-order valence-electron chi connectivity index (χ4n) is 1.61. The lowest BCUT2D eigenvalue weighted by molar-refractivity contribution is -0.131. The summed E-state index contributed by atoms with van der Waals surface area (Å²) in [5, 5.41) is 8.58. The minimum absolute atomic E-state index is 0.615. The summed E-state index contributed by atoms with van der Waals surface area (Å²) in [6.07, 6.45) is 5.92. The molecular weight excluding hydrogens is 244 g/mol. The zero-order valence-electron chi connectivity index (χ0n) is 11.4. The number of hydrogen-bond acceptors (Lipinski definition) is 3. The van der Waals surface area contributed by atoms with Crippen LogP contribution in [-0.2, 0) is 4.79 Å². The van der Waals surface area contributed by atoms with Crippen molar-refractivity contribution in [2.24, 2.45) is 0 Å². The Hall–Kier alpha value is -1.97. The highest BCUT2D eigenvalue weighted by molar-refractivity contribution is 5.85. The summed E-state index contributed by atoms with van der Waals surface area (Å²) in [5.74, 6) is 0.328. The van der Waals surface area contributed by atoms with Crippen LogP contribution in [-0.4, -0.2) is 24.8 Å². The highest BCUT2D eigenvalue weighted by atomic mass is 16.5. The Morgan fingerprint density at radius 2 is 2.11 bits per heavy atom. The first-order valence-electron chi connectivity index (χ1n) is 6.39. The van der Waals surface area contributed by atoms with Gasteiger partial charge in [0, 0.05) is 6.08 Å². The highest BCUT2D eigenvalue weighted by Gasteiger charge is 2.04. The summed E-state index contributed by atoms with van der Waals surface area (Å²) < 4.78 is 10.9. The van der Waals surface area contributed by atoms with Crippen molar-refractivity contribution >= 4 is 12.0 Å². The molecule has 1 aromatic rings. The van der Waals surface area contributed by atoms with Crippen molar-refractivity contribution in [1.82, 2.24) is 0 Å². The fourth-order valence-corrected chi connectivity index (χ4v) is 1.61. The molecular formula is C15H20O4. The smallest absolute Gasteiger partial charge is 0.328 e. The van der Waals surface area contributed by atoms with Crippen LogP contribution >= 0.6 is 0 Å². The van der Waals surface area contributed by atoms with Gasteiger partial charge in [0.25, 0.3) is 0 Å². The van der Waals surface area contributed by atoms with E-state index in [-0.39, 0.29) is 0 Å². The molecule has 0 fully saturated rings. The van der Waals surface area contributed by atoms with E-state index in [0.29, 0.717) is 18.1 Å². The molecule has 0 amide bonds. The molecule has 0 atom stereocenters. The molecule has 0 unspecified atom stereocenters. The second-order valence-corrected chi connectivity index (χ2v) is 4.14. The van der Waals surface area contributed by atoms with Gasteiger partial charge in [0.2, 0.25) is 0 Å². The third kappa shape index (κ3) is 5.46. The summed E-state index contributed by atoms with van der Waals surface area (Å²) in [6.45, 7) is 2.80. The first-order chi connectivity index (χ1) is 9.17. The lowest BCUT2D eigenvalue weighted by atomic mass is 10.2. The van der Waals surface area contributed by atoms with Crippen molar-refractivity contribution < 1.29 is 19.4 Å². The van der Waals surface area contributed by atoms with Gasteiger partial charge in [-0.2, -0.15) is 0 Å². The minimum atomic E-state index is -0.973. The van der Waals surface area contributed by atoms with Gasteiger partial charge in [-0.3, -0.25) is 0 Å².